The number of benzene rings is 1. The van der Waals surface area contributed by atoms with Gasteiger partial charge in [-0.25, -0.2) is 4.99 Å². The number of nitrogens with one attached hydrogen (secondary N) is 1. The molecule has 0 saturated carbocycles. The molecular weight excluding hydrogens is 366 g/mol. The summed E-state index contributed by atoms with van der Waals surface area (Å²) in [6, 6.07) is 4.36. The summed E-state index contributed by atoms with van der Waals surface area (Å²) in [4.78, 5) is 8.16. The monoisotopic (exact) mass is 387 g/mol. The largest absolute Gasteiger partial charge is 0.416 e. The highest BCUT2D eigenvalue weighted by Crippen LogP contribution is 2.30. The zero-order valence-corrected chi connectivity index (χ0v) is 15.1. The average molecular weight is 388 g/mol. The maximum Gasteiger partial charge on any atom is 0.416 e. The van der Waals surface area contributed by atoms with Crippen molar-refractivity contribution >= 4 is 36.7 Å². The van der Waals surface area contributed by atoms with Gasteiger partial charge in [-0.2, -0.15) is 13.2 Å². The van der Waals surface area contributed by atoms with E-state index in [2.05, 4.69) is 15.3 Å². The van der Waals surface area contributed by atoms with Crippen LogP contribution in [-0.2, 0) is 6.18 Å². The summed E-state index contributed by atoms with van der Waals surface area (Å²) in [6.07, 6.45) is -4.35. The van der Waals surface area contributed by atoms with Gasteiger partial charge in [0.05, 0.1) is 11.6 Å². The number of alkyl halides is 3. The minimum atomic E-state index is -4.35. The summed E-state index contributed by atoms with van der Waals surface area (Å²) in [5.41, 5.74) is 11.2. The maximum atomic E-state index is 12.5. The Balaban J connectivity index is 0. The van der Waals surface area contributed by atoms with Crippen molar-refractivity contribution < 1.29 is 13.2 Å². The number of hydrogen-bond donors (Lipinski definition) is 3. The first-order valence-corrected chi connectivity index (χ1v) is 6.70. The van der Waals surface area contributed by atoms with Crippen molar-refractivity contribution in [2.24, 2.45) is 21.5 Å². The van der Waals surface area contributed by atoms with E-state index in [4.69, 9.17) is 11.5 Å². The van der Waals surface area contributed by atoms with Crippen LogP contribution >= 0.6 is 24.8 Å². The molecule has 0 fully saturated rings. The molecule has 138 valence electrons. The predicted molar refractivity (Wildman–Crippen MR) is 95.9 cm³/mol. The summed E-state index contributed by atoms with van der Waals surface area (Å²) in [5, 5.41) is 2.62. The standard InChI is InChI=1S/C14H20F3N5.2ClH/c1-8(2)20-12(18)22-13(19)21-9(3)10-4-6-11(7-5-10)14(15,16)17;;/h4-9H,1-3H3,(H5,18,19,20,21,22);2*1H. The summed E-state index contributed by atoms with van der Waals surface area (Å²) >= 11 is 0. The topological polar surface area (TPSA) is 88.8 Å². The van der Waals surface area contributed by atoms with E-state index in [9.17, 15) is 13.2 Å². The predicted octanol–water partition coefficient (Wildman–Crippen LogP) is 3.24. The lowest BCUT2D eigenvalue weighted by molar-refractivity contribution is -0.137. The molecule has 0 amide bonds. The smallest absolute Gasteiger partial charge is 0.370 e. The highest BCUT2D eigenvalue weighted by molar-refractivity contribution is 5.97. The molecular formula is C14H22Cl2F3N5. The molecule has 1 atom stereocenters. The fraction of sp³-hybridized carbons (Fsp3) is 0.429. The van der Waals surface area contributed by atoms with Gasteiger partial charge < -0.3 is 11.5 Å². The van der Waals surface area contributed by atoms with E-state index in [1.807, 2.05) is 13.8 Å². The molecule has 0 aliphatic heterocycles. The van der Waals surface area contributed by atoms with Gasteiger partial charge in [0.15, 0.2) is 11.9 Å². The van der Waals surface area contributed by atoms with E-state index < -0.39 is 17.8 Å². The number of nitrogens with two attached hydrogens (primary N) is 2. The molecule has 0 saturated heterocycles. The van der Waals surface area contributed by atoms with Crippen LogP contribution in [0.4, 0.5) is 13.2 Å². The molecule has 1 rings (SSSR count). The maximum absolute atomic E-state index is 12.5. The zero-order valence-electron chi connectivity index (χ0n) is 13.5. The molecule has 0 spiro atoms. The fourth-order valence-electron chi connectivity index (χ4n) is 1.71. The van der Waals surface area contributed by atoms with E-state index in [1.165, 1.54) is 12.1 Å². The van der Waals surface area contributed by atoms with Gasteiger partial charge in [0.2, 0.25) is 0 Å². The van der Waals surface area contributed by atoms with Gasteiger partial charge in [-0.3, -0.25) is 10.3 Å². The van der Waals surface area contributed by atoms with Crippen LogP contribution in [0.2, 0.25) is 0 Å². The number of aliphatic imine (C=N–C) groups is 2. The molecule has 5 nitrogen and oxygen atoms in total. The Morgan fingerprint density at radius 3 is 1.83 bits per heavy atom. The average Bonchev–Trinajstić information content (AvgIpc) is 2.36. The van der Waals surface area contributed by atoms with Crippen LogP contribution in [0.25, 0.3) is 0 Å². The second kappa shape index (κ2) is 10.2. The molecule has 0 aromatic heterocycles. The van der Waals surface area contributed by atoms with Crippen molar-refractivity contribution in [1.82, 2.24) is 5.32 Å². The van der Waals surface area contributed by atoms with Gasteiger partial charge in [-0.15, -0.1) is 24.8 Å². The third-order valence-electron chi connectivity index (χ3n) is 2.71. The minimum absolute atomic E-state index is 0. The van der Waals surface area contributed by atoms with Crippen molar-refractivity contribution in [1.29, 1.82) is 0 Å². The number of rotatable bonds is 3. The Morgan fingerprint density at radius 2 is 1.42 bits per heavy atom. The van der Waals surface area contributed by atoms with E-state index in [0.29, 0.717) is 5.56 Å². The Labute approximate surface area is 151 Å². The zero-order chi connectivity index (χ0) is 16.9. The number of hydrogen-bond acceptors (Lipinski definition) is 2. The van der Waals surface area contributed by atoms with E-state index in [1.54, 1.807) is 6.92 Å². The van der Waals surface area contributed by atoms with Crippen molar-refractivity contribution in [2.75, 3.05) is 0 Å². The Bertz CT molecular complexity index is 557. The number of guanidine groups is 2. The van der Waals surface area contributed by atoms with Crippen LogP contribution in [0, 0.1) is 0 Å². The lowest BCUT2D eigenvalue weighted by Crippen LogP contribution is -2.42. The first-order chi connectivity index (χ1) is 10.1. The summed E-state index contributed by atoms with van der Waals surface area (Å²) < 4.78 is 37.5. The Hall–Kier alpha value is -1.67. The van der Waals surface area contributed by atoms with Crippen LogP contribution in [0.15, 0.2) is 34.3 Å². The van der Waals surface area contributed by atoms with Gasteiger partial charge in [-0.05, 0) is 38.5 Å². The summed E-state index contributed by atoms with van der Waals surface area (Å²) in [6.45, 7) is 5.42. The van der Waals surface area contributed by atoms with E-state index in [0.717, 1.165) is 12.1 Å². The minimum Gasteiger partial charge on any atom is -0.370 e. The molecule has 1 aromatic carbocycles. The van der Waals surface area contributed by atoms with Gasteiger partial charge >= 0.3 is 6.18 Å². The van der Waals surface area contributed by atoms with Crippen molar-refractivity contribution in [3.63, 3.8) is 0 Å². The molecule has 1 aromatic rings. The lowest BCUT2D eigenvalue weighted by Gasteiger charge is -2.12. The Kier molecular flexibility index (Phi) is 10.5. The first kappa shape index (κ1) is 24.6. The molecule has 24 heavy (non-hydrogen) atoms. The highest BCUT2D eigenvalue weighted by atomic mass is 35.5. The van der Waals surface area contributed by atoms with Crippen LogP contribution in [0.5, 0.6) is 0 Å². The summed E-state index contributed by atoms with van der Waals surface area (Å²) in [5.74, 6) is 0.185. The molecule has 5 N–H and O–H groups in total. The van der Waals surface area contributed by atoms with Crippen molar-refractivity contribution in [3.05, 3.63) is 35.4 Å². The summed E-state index contributed by atoms with van der Waals surface area (Å²) in [7, 11) is 0. The SMILES string of the molecule is CC(C)N=C(N)NC(N)=NC(C)c1ccc(C(F)(F)F)cc1.Cl.Cl. The molecule has 0 aliphatic rings. The number of nitrogens with zero attached hydrogens (tertiary/aromatic N) is 2. The van der Waals surface area contributed by atoms with Gasteiger partial charge in [0.25, 0.3) is 0 Å². The van der Waals surface area contributed by atoms with Crippen LogP contribution in [0.3, 0.4) is 0 Å². The van der Waals surface area contributed by atoms with Crippen LogP contribution in [0.1, 0.15) is 37.9 Å². The highest BCUT2D eigenvalue weighted by Gasteiger charge is 2.30. The molecule has 1 unspecified atom stereocenters. The van der Waals surface area contributed by atoms with Crippen LogP contribution in [-0.4, -0.2) is 18.0 Å². The molecule has 0 aliphatic carbocycles. The van der Waals surface area contributed by atoms with Crippen molar-refractivity contribution in [3.8, 4) is 0 Å². The molecule has 10 heteroatoms. The van der Waals surface area contributed by atoms with E-state index in [-0.39, 0.29) is 42.8 Å². The second-order valence-corrected chi connectivity index (χ2v) is 5.04. The molecule has 0 heterocycles. The van der Waals surface area contributed by atoms with Gasteiger partial charge in [0.1, 0.15) is 0 Å². The van der Waals surface area contributed by atoms with E-state index >= 15 is 0 Å². The quantitative estimate of drug-likeness (QED) is 0.549. The van der Waals surface area contributed by atoms with Gasteiger partial charge in [0, 0.05) is 6.04 Å². The third-order valence-corrected chi connectivity index (χ3v) is 2.71. The fourth-order valence-corrected chi connectivity index (χ4v) is 1.71. The molecule has 0 radical (unpaired) electrons. The van der Waals surface area contributed by atoms with Gasteiger partial charge in [-0.1, -0.05) is 12.1 Å². The second-order valence-electron chi connectivity index (χ2n) is 5.04. The third kappa shape index (κ3) is 8.26. The van der Waals surface area contributed by atoms with Crippen molar-refractivity contribution in [2.45, 2.75) is 39.0 Å². The lowest BCUT2D eigenvalue weighted by atomic mass is 10.1. The normalized spacial score (nSPS) is 13.8. The van der Waals surface area contributed by atoms with Crippen LogP contribution < -0.4 is 16.8 Å². The molecule has 0 bridgehead atoms. The Morgan fingerprint density at radius 1 is 0.958 bits per heavy atom. The number of halogens is 5. The first-order valence-electron chi connectivity index (χ1n) is 6.70.